The maximum Gasteiger partial charge on any atom is 0.270 e. The van der Waals surface area contributed by atoms with Crippen LogP contribution in [-0.2, 0) is 4.79 Å². The monoisotopic (exact) mass is 519 g/mol. The molecule has 1 saturated heterocycles. The smallest absolute Gasteiger partial charge is 0.270 e. The Balaban J connectivity index is 1.13. The number of nitrogens with one attached hydrogen (secondary N) is 2. The van der Waals surface area contributed by atoms with E-state index in [1.807, 2.05) is 30.3 Å². The SMILES string of the molecule is Cc1cccc(C(=O)NC2CC(n3cnc4c(NC5CCN(C(=O)CCCCCN)CC5)ncnc43)C2)n1. The molecule has 0 unspecified atom stereocenters. The van der Waals surface area contributed by atoms with Gasteiger partial charge in [0.25, 0.3) is 5.91 Å². The zero-order chi connectivity index (χ0) is 26.5. The van der Waals surface area contributed by atoms with Crippen molar-refractivity contribution in [1.29, 1.82) is 0 Å². The minimum absolute atomic E-state index is 0.0975. The van der Waals surface area contributed by atoms with E-state index in [1.54, 1.807) is 12.4 Å². The van der Waals surface area contributed by atoms with Crippen molar-refractivity contribution in [3.8, 4) is 0 Å². The Morgan fingerprint density at radius 2 is 1.87 bits per heavy atom. The molecule has 5 rings (SSSR count). The number of fused-ring (bicyclic) bond motifs is 1. The lowest BCUT2D eigenvalue weighted by Crippen LogP contribution is -2.45. The number of nitrogens with zero attached hydrogens (tertiary/aromatic N) is 6. The number of imidazole rings is 1. The molecule has 3 aromatic rings. The highest BCUT2D eigenvalue weighted by Crippen LogP contribution is 2.35. The van der Waals surface area contributed by atoms with E-state index in [0.717, 1.165) is 80.7 Å². The fraction of sp³-hybridized carbons (Fsp3) is 0.556. The number of piperidine rings is 1. The van der Waals surface area contributed by atoms with Crippen molar-refractivity contribution in [2.24, 2.45) is 5.73 Å². The van der Waals surface area contributed by atoms with E-state index >= 15 is 0 Å². The van der Waals surface area contributed by atoms with Crippen molar-refractivity contribution in [2.75, 3.05) is 25.0 Å². The molecule has 38 heavy (non-hydrogen) atoms. The number of hydrogen-bond acceptors (Lipinski definition) is 8. The number of aromatic nitrogens is 5. The first-order chi connectivity index (χ1) is 18.5. The second-order valence-corrected chi connectivity index (χ2v) is 10.4. The standard InChI is InChI=1S/C27H37N9O2/c1-18-6-5-7-22(32-18)27(38)34-20-14-21(15-20)36-17-31-24-25(29-16-30-26(24)36)33-19-9-12-35(13-10-19)23(37)8-3-2-4-11-28/h5-7,16-17,19-21H,2-4,8-15,28H2,1H3,(H,34,38)(H,29,30,33). The quantitative estimate of drug-likeness (QED) is 0.347. The van der Waals surface area contributed by atoms with Crippen LogP contribution in [0.2, 0.25) is 0 Å². The molecule has 11 heteroatoms. The summed E-state index contributed by atoms with van der Waals surface area (Å²) in [5.74, 6) is 0.838. The molecule has 2 amide bonds. The van der Waals surface area contributed by atoms with Gasteiger partial charge in [-0.15, -0.1) is 0 Å². The van der Waals surface area contributed by atoms with Crippen LogP contribution in [-0.4, -0.2) is 72.9 Å². The van der Waals surface area contributed by atoms with E-state index in [-0.39, 0.29) is 29.9 Å². The Morgan fingerprint density at radius 1 is 1.05 bits per heavy atom. The summed E-state index contributed by atoms with van der Waals surface area (Å²) in [4.78, 5) is 44.9. The molecule has 4 N–H and O–H groups in total. The predicted molar refractivity (Wildman–Crippen MR) is 145 cm³/mol. The minimum atomic E-state index is -0.138. The van der Waals surface area contributed by atoms with Crippen LogP contribution in [0.3, 0.4) is 0 Å². The van der Waals surface area contributed by atoms with Crippen molar-refractivity contribution in [1.82, 2.24) is 34.7 Å². The lowest BCUT2D eigenvalue weighted by Gasteiger charge is -2.36. The number of rotatable bonds is 10. The molecular formula is C27H37N9O2. The van der Waals surface area contributed by atoms with Crippen LogP contribution in [0.25, 0.3) is 11.2 Å². The number of carbonyl (C=O) groups is 2. The summed E-state index contributed by atoms with van der Waals surface area (Å²) in [7, 11) is 0. The lowest BCUT2D eigenvalue weighted by atomic mass is 9.86. The molecule has 0 radical (unpaired) electrons. The first-order valence-electron chi connectivity index (χ1n) is 13.7. The maximum atomic E-state index is 12.5. The lowest BCUT2D eigenvalue weighted by molar-refractivity contribution is -0.132. The van der Waals surface area contributed by atoms with Gasteiger partial charge in [0, 0.05) is 43.3 Å². The molecule has 1 aliphatic carbocycles. The summed E-state index contributed by atoms with van der Waals surface area (Å²) in [6, 6.07) is 6.01. The molecule has 1 saturated carbocycles. The molecule has 0 aromatic carbocycles. The van der Waals surface area contributed by atoms with Crippen molar-refractivity contribution in [3.63, 3.8) is 0 Å². The fourth-order valence-corrected chi connectivity index (χ4v) is 5.31. The number of aryl methyl sites for hydroxylation is 1. The molecule has 2 aliphatic rings. The number of likely N-dealkylation sites (tertiary alicyclic amines) is 1. The van der Waals surface area contributed by atoms with Gasteiger partial charge >= 0.3 is 0 Å². The summed E-state index contributed by atoms with van der Waals surface area (Å²) in [5.41, 5.74) is 8.36. The largest absolute Gasteiger partial charge is 0.365 e. The van der Waals surface area contributed by atoms with Gasteiger partial charge < -0.3 is 25.8 Å². The van der Waals surface area contributed by atoms with E-state index in [4.69, 9.17) is 5.73 Å². The molecule has 0 atom stereocenters. The minimum Gasteiger partial charge on any atom is -0.365 e. The third kappa shape index (κ3) is 5.93. The number of nitrogens with two attached hydrogens (primary N) is 1. The Bertz CT molecular complexity index is 1260. The number of carbonyl (C=O) groups excluding carboxylic acids is 2. The van der Waals surface area contributed by atoms with E-state index in [1.165, 1.54) is 0 Å². The topological polar surface area (TPSA) is 144 Å². The maximum absolute atomic E-state index is 12.5. The molecule has 202 valence electrons. The van der Waals surface area contributed by atoms with Crippen LogP contribution in [0.4, 0.5) is 5.82 Å². The number of pyridine rings is 1. The number of hydrogen-bond donors (Lipinski definition) is 3. The first-order valence-corrected chi connectivity index (χ1v) is 13.7. The van der Waals surface area contributed by atoms with Gasteiger partial charge in [-0.3, -0.25) is 9.59 Å². The number of anilines is 1. The molecule has 1 aliphatic heterocycles. The molecule has 2 fully saturated rings. The fourth-order valence-electron chi connectivity index (χ4n) is 5.31. The highest BCUT2D eigenvalue weighted by atomic mass is 16.2. The van der Waals surface area contributed by atoms with Crippen molar-refractivity contribution >= 4 is 28.8 Å². The Hall–Kier alpha value is -3.60. The van der Waals surface area contributed by atoms with E-state index in [0.29, 0.717) is 18.7 Å². The van der Waals surface area contributed by atoms with E-state index < -0.39 is 0 Å². The van der Waals surface area contributed by atoms with Gasteiger partial charge in [0.05, 0.1) is 6.33 Å². The number of unbranched alkanes of at least 4 members (excludes halogenated alkanes) is 2. The van der Waals surface area contributed by atoms with Gasteiger partial charge in [0.1, 0.15) is 17.5 Å². The van der Waals surface area contributed by atoms with Crippen molar-refractivity contribution < 1.29 is 9.59 Å². The van der Waals surface area contributed by atoms with Crippen LogP contribution in [0.15, 0.2) is 30.9 Å². The molecular weight excluding hydrogens is 482 g/mol. The third-order valence-corrected chi connectivity index (χ3v) is 7.60. The summed E-state index contributed by atoms with van der Waals surface area (Å²) in [6.07, 6.45) is 10.3. The second-order valence-electron chi connectivity index (χ2n) is 10.4. The Morgan fingerprint density at radius 3 is 2.63 bits per heavy atom. The van der Waals surface area contributed by atoms with Crippen LogP contribution < -0.4 is 16.4 Å². The van der Waals surface area contributed by atoms with Gasteiger partial charge in [-0.2, -0.15) is 0 Å². The highest BCUT2D eigenvalue weighted by molar-refractivity contribution is 5.92. The molecule has 3 aromatic heterocycles. The van der Waals surface area contributed by atoms with Crippen LogP contribution >= 0.6 is 0 Å². The second kappa shape index (κ2) is 11.8. The average Bonchev–Trinajstić information content (AvgIpc) is 3.33. The first kappa shape index (κ1) is 26.0. The van der Waals surface area contributed by atoms with Gasteiger partial charge in [0.2, 0.25) is 5.91 Å². The van der Waals surface area contributed by atoms with Gasteiger partial charge in [0.15, 0.2) is 11.5 Å². The van der Waals surface area contributed by atoms with Crippen LogP contribution in [0.5, 0.6) is 0 Å². The average molecular weight is 520 g/mol. The summed E-state index contributed by atoms with van der Waals surface area (Å²) in [5, 5.41) is 6.63. The molecule has 4 heterocycles. The van der Waals surface area contributed by atoms with Gasteiger partial charge in [-0.1, -0.05) is 12.5 Å². The molecule has 0 bridgehead atoms. The van der Waals surface area contributed by atoms with Gasteiger partial charge in [-0.05, 0) is 64.1 Å². The summed E-state index contributed by atoms with van der Waals surface area (Å²) >= 11 is 0. The van der Waals surface area contributed by atoms with Gasteiger partial charge in [-0.25, -0.2) is 19.9 Å². The van der Waals surface area contributed by atoms with Crippen LogP contribution in [0.1, 0.15) is 73.6 Å². The highest BCUT2D eigenvalue weighted by Gasteiger charge is 2.33. The number of amides is 2. The van der Waals surface area contributed by atoms with Crippen molar-refractivity contribution in [2.45, 2.75) is 76.4 Å². The predicted octanol–water partition coefficient (Wildman–Crippen LogP) is 2.59. The van der Waals surface area contributed by atoms with Crippen LogP contribution in [0, 0.1) is 6.92 Å². The molecule has 11 nitrogen and oxygen atoms in total. The normalized spacial score (nSPS) is 19.8. The zero-order valence-corrected chi connectivity index (χ0v) is 22.0. The summed E-state index contributed by atoms with van der Waals surface area (Å²) in [6.45, 7) is 4.07. The Kier molecular flexibility index (Phi) is 8.11. The third-order valence-electron chi connectivity index (χ3n) is 7.60. The molecule has 0 spiro atoms. The summed E-state index contributed by atoms with van der Waals surface area (Å²) < 4.78 is 2.09. The van der Waals surface area contributed by atoms with E-state index in [9.17, 15) is 9.59 Å². The Labute approximate surface area is 222 Å². The zero-order valence-electron chi connectivity index (χ0n) is 22.0. The van der Waals surface area contributed by atoms with Crippen molar-refractivity contribution in [3.05, 3.63) is 42.2 Å². The van der Waals surface area contributed by atoms with E-state index in [2.05, 4.69) is 35.1 Å².